The molecule has 3 heteroatoms. The maximum Gasteiger partial charge on any atom is 0.123 e. The third-order valence-corrected chi connectivity index (χ3v) is 4.39. The van der Waals surface area contributed by atoms with Crippen LogP contribution in [0.25, 0.3) is 0 Å². The van der Waals surface area contributed by atoms with Crippen molar-refractivity contribution in [3.63, 3.8) is 0 Å². The summed E-state index contributed by atoms with van der Waals surface area (Å²) in [4.78, 5) is 1.43. The molecule has 0 amide bonds. The Morgan fingerprint density at radius 1 is 1.20 bits per heavy atom. The fourth-order valence-corrected chi connectivity index (χ4v) is 3.35. The molecule has 2 aromatic rings. The number of ether oxygens (including phenoxy) is 1. The zero-order valence-corrected chi connectivity index (χ0v) is 13.2. The van der Waals surface area contributed by atoms with Gasteiger partial charge in [-0.15, -0.1) is 11.3 Å². The van der Waals surface area contributed by atoms with Gasteiger partial charge < -0.3 is 10.1 Å². The summed E-state index contributed by atoms with van der Waals surface area (Å²) in [6.45, 7) is 4.46. The zero-order chi connectivity index (χ0) is 14.4. The van der Waals surface area contributed by atoms with Crippen LogP contribution in [-0.2, 0) is 6.42 Å². The molecule has 2 atom stereocenters. The monoisotopic (exact) mass is 289 g/mol. The molecule has 20 heavy (non-hydrogen) atoms. The largest absolute Gasteiger partial charge is 0.496 e. The summed E-state index contributed by atoms with van der Waals surface area (Å²) in [5.74, 6) is 0.968. The van der Waals surface area contributed by atoms with Crippen molar-refractivity contribution in [2.24, 2.45) is 0 Å². The number of methoxy groups -OCH3 is 1. The second kappa shape index (κ2) is 7.46. The van der Waals surface area contributed by atoms with Crippen molar-refractivity contribution < 1.29 is 4.74 Å². The quantitative estimate of drug-likeness (QED) is 0.814. The average molecular weight is 289 g/mol. The molecule has 108 valence electrons. The topological polar surface area (TPSA) is 21.3 Å². The van der Waals surface area contributed by atoms with Crippen LogP contribution in [-0.4, -0.2) is 13.2 Å². The summed E-state index contributed by atoms with van der Waals surface area (Å²) in [5.41, 5.74) is 1.25. The van der Waals surface area contributed by atoms with Gasteiger partial charge in [0.1, 0.15) is 5.75 Å². The highest BCUT2D eigenvalue weighted by Crippen LogP contribution is 2.27. The molecular formula is C17H23NOS. The minimum Gasteiger partial charge on any atom is -0.496 e. The van der Waals surface area contributed by atoms with E-state index in [4.69, 9.17) is 4.74 Å². The summed E-state index contributed by atoms with van der Waals surface area (Å²) < 4.78 is 5.48. The number of hydrogen-bond acceptors (Lipinski definition) is 3. The van der Waals surface area contributed by atoms with Gasteiger partial charge in [-0.25, -0.2) is 0 Å². The summed E-state index contributed by atoms with van der Waals surface area (Å²) in [7, 11) is 1.74. The minimum absolute atomic E-state index is 0.334. The summed E-state index contributed by atoms with van der Waals surface area (Å²) >= 11 is 1.82. The Morgan fingerprint density at radius 2 is 2.00 bits per heavy atom. The standard InChI is InChI=1S/C17H23NOS/c1-4-16(15-9-5-6-10-17(15)19-3)18-13(2)12-14-8-7-11-20-14/h5-11,13,16,18H,4,12H2,1-3H3. The third-order valence-electron chi connectivity index (χ3n) is 3.50. The Labute approximate surface area is 125 Å². The zero-order valence-electron chi connectivity index (χ0n) is 12.4. The number of rotatable bonds is 7. The maximum atomic E-state index is 5.48. The first kappa shape index (κ1) is 15.1. The van der Waals surface area contributed by atoms with E-state index in [0.717, 1.165) is 18.6 Å². The molecule has 1 N–H and O–H groups in total. The molecule has 1 aromatic carbocycles. The van der Waals surface area contributed by atoms with E-state index in [-0.39, 0.29) is 0 Å². The maximum absolute atomic E-state index is 5.48. The van der Waals surface area contributed by atoms with E-state index in [2.05, 4.69) is 48.8 Å². The highest BCUT2D eigenvalue weighted by molar-refractivity contribution is 7.09. The minimum atomic E-state index is 0.334. The molecule has 2 rings (SSSR count). The molecule has 0 aliphatic carbocycles. The molecule has 0 aliphatic rings. The molecule has 1 aromatic heterocycles. The first-order chi connectivity index (χ1) is 9.74. The van der Waals surface area contributed by atoms with Crippen molar-refractivity contribution in [3.8, 4) is 5.75 Å². The fourth-order valence-electron chi connectivity index (χ4n) is 2.51. The lowest BCUT2D eigenvalue weighted by Crippen LogP contribution is -2.32. The van der Waals surface area contributed by atoms with Crippen LogP contribution >= 0.6 is 11.3 Å². The van der Waals surface area contributed by atoms with Crippen molar-refractivity contribution in [3.05, 3.63) is 52.2 Å². The van der Waals surface area contributed by atoms with E-state index in [1.807, 2.05) is 23.5 Å². The first-order valence-electron chi connectivity index (χ1n) is 7.16. The molecule has 2 nitrogen and oxygen atoms in total. The first-order valence-corrected chi connectivity index (χ1v) is 8.04. The number of benzene rings is 1. The molecule has 1 heterocycles. The van der Waals surface area contributed by atoms with Crippen molar-refractivity contribution in [1.82, 2.24) is 5.32 Å². The highest BCUT2D eigenvalue weighted by atomic mass is 32.1. The van der Waals surface area contributed by atoms with Crippen LogP contribution in [0, 0.1) is 0 Å². The number of thiophene rings is 1. The molecular weight excluding hydrogens is 266 g/mol. The van der Waals surface area contributed by atoms with E-state index in [9.17, 15) is 0 Å². The van der Waals surface area contributed by atoms with Gasteiger partial charge in [0.25, 0.3) is 0 Å². The van der Waals surface area contributed by atoms with E-state index >= 15 is 0 Å². The molecule has 0 radical (unpaired) electrons. The lowest BCUT2D eigenvalue weighted by molar-refractivity contribution is 0.386. The second-order valence-electron chi connectivity index (χ2n) is 5.05. The number of para-hydroxylation sites is 1. The van der Waals surface area contributed by atoms with Gasteiger partial charge in [0.05, 0.1) is 7.11 Å². The van der Waals surface area contributed by atoms with Gasteiger partial charge >= 0.3 is 0 Å². The SMILES string of the molecule is CCC(NC(C)Cc1cccs1)c1ccccc1OC. The van der Waals surface area contributed by atoms with E-state index in [1.165, 1.54) is 10.4 Å². The fraction of sp³-hybridized carbons (Fsp3) is 0.412. The summed E-state index contributed by atoms with van der Waals surface area (Å²) in [6, 6.07) is 13.4. The number of hydrogen-bond donors (Lipinski definition) is 1. The Morgan fingerprint density at radius 3 is 2.65 bits per heavy atom. The van der Waals surface area contributed by atoms with Crippen LogP contribution < -0.4 is 10.1 Å². The molecule has 0 aliphatic heterocycles. The number of nitrogens with one attached hydrogen (secondary N) is 1. The van der Waals surface area contributed by atoms with Crippen LogP contribution in [0.3, 0.4) is 0 Å². The Hall–Kier alpha value is -1.32. The van der Waals surface area contributed by atoms with Gasteiger partial charge in [0.2, 0.25) is 0 Å². The van der Waals surface area contributed by atoms with Crippen LogP contribution in [0.15, 0.2) is 41.8 Å². The lowest BCUT2D eigenvalue weighted by atomic mass is 10.0. The predicted octanol–water partition coefficient (Wildman–Crippen LogP) is 4.43. The molecule has 0 saturated heterocycles. The normalized spacial score (nSPS) is 13.9. The van der Waals surface area contributed by atoms with Gasteiger partial charge in [0, 0.05) is 22.5 Å². The van der Waals surface area contributed by atoms with Gasteiger partial charge in [-0.1, -0.05) is 31.2 Å². The molecule has 0 fully saturated rings. The van der Waals surface area contributed by atoms with Crippen molar-refractivity contribution >= 4 is 11.3 Å². The summed E-state index contributed by atoms with van der Waals surface area (Å²) in [6.07, 6.45) is 2.12. The third kappa shape index (κ3) is 3.84. The Bertz CT molecular complexity index is 509. The smallest absolute Gasteiger partial charge is 0.123 e. The van der Waals surface area contributed by atoms with Gasteiger partial charge in [-0.3, -0.25) is 0 Å². The van der Waals surface area contributed by atoms with Crippen LogP contribution in [0.4, 0.5) is 0 Å². The van der Waals surface area contributed by atoms with Gasteiger partial charge in [0.15, 0.2) is 0 Å². The summed E-state index contributed by atoms with van der Waals surface area (Å²) in [5, 5.41) is 5.86. The van der Waals surface area contributed by atoms with Gasteiger partial charge in [-0.2, -0.15) is 0 Å². The van der Waals surface area contributed by atoms with Crippen molar-refractivity contribution in [2.75, 3.05) is 7.11 Å². The average Bonchev–Trinajstić information content (AvgIpc) is 2.97. The van der Waals surface area contributed by atoms with E-state index in [0.29, 0.717) is 12.1 Å². The molecule has 2 unspecified atom stereocenters. The second-order valence-corrected chi connectivity index (χ2v) is 6.09. The Kier molecular flexibility index (Phi) is 5.62. The highest BCUT2D eigenvalue weighted by Gasteiger charge is 2.16. The van der Waals surface area contributed by atoms with Gasteiger partial charge in [-0.05, 0) is 37.3 Å². The lowest BCUT2D eigenvalue weighted by Gasteiger charge is -2.24. The van der Waals surface area contributed by atoms with Crippen LogP contribution in [0.2, 0.25) is 0 Å². The van der Waals surface area contributed by atoms with E-state index < -0.39 is 0 Å². The van der Waals surface area contributed by atoms with Crippen LogP contribution in [0.1, 0.15) is 36.8 Å². The molecule has 0 bridgehead atoms. The van der Waals surface area contributed by atoms with E-state index in [1.54, 1.807) is 7.11 Å². The van der Waals surface area contributed by atoms with Crippen molar-refractivity contribution in [1.29, 1.82) is 0 Å². The Balaban J connectivity index is 2.04. The molecule has 0 spiro atoms. The van der Waals surface area contributed by atoms with Crippen LogP contribution in [0.5, 0.6) is 5.75 Å². The molecule has 0 saturated carbocycles. The van der Waals surface area contributed by atoms with Crippen molar-refractivity contribution in [2.45, 2.75) is 38.8 Å². The predicted molar refractivity (Wildman–Crippen MR) is 86.6 cm³/mol.